The number of sulfonamides is 1. The Kier molecular flexibility index (Phi) is 2.30. The SMILES string of the molecule is NC1CC1NS(=O)(=O)c1ccccc1. The summed E-state index contributed by atoms with van der Waals surface area (Å²) in [4.78, 5) is 0.291. The maximum absolute atomic E-state index is 11.7. The zero-order valence-electron chi connectivity index (χ0n) is 7.55. The van der Waals surface area contributed by atoms with Crippen LogP contribution in [-0.2, 0) is 10.0 Å². The average molecular weight is 212 g/mol. The van der Waals surface area contributed by atoms with Crippen molar-refractivity contribution in [2.75, 3.05) is 0 Å². The van der Waals surface area contributed by atoms with E-state index in [4.69, 9.17) is 5.73 Å². The molecule has 2 atom stereocenters. The number of hydrogen-bond acceptors (Lipinski definition) is 3. The van der Waals surface area contributed by atoms with Gasteiger partial charge in [-0.3, -0.25) is 0 Å². The maximum atomic E-state index is 11.7. The molecule has 0 aromatic heterocycles. The normalized spacial score (nSPS) is 26.1. The van der Waals surface area contributed by atoms with Gasteiger partial charge < -0.3 is 5.73 Å². The van der Waals surface area contributed by atoms with Crippen molar-refractivity contribution in [2.24, 2.45) is 5.73 Å². The first kappa shape index (κ1) is 9.64. The minimum atomic E-state index is -3.36. The summed E-state index contributed by atoms with van der Waals surface area (Å²) in [5.74, 6) is 0. The second kappa shape index (κ2) is 3.34. The summed E-state index contributed by atoms with van der Waals surface area (Å²) >= 11 is 0. The molecule has 2 rings (SSSR count). The lowest BCUT2D eigenvalue weighted by Gasteiger charge is -2.04. The lowest BCUT2D eigenvalue weighted by atomic mass is 10.4. The molecular formula is C9H12N2O2S. The van der Waals surface area contributed by atoms with Gasteiger partial charge in [0.15, 0.2) is 0 Å². The molecule has 1 aliphatic rings. The van der Waals surface area contributed by atoms with Crippen molar-refractivity contribution < 1.29 is 8.42 Å². The van der Waals surface area contributed by atoms with Gasteiger partial charge in [0.05, 0.1) is 4.90 Å². The number of benzene rings is 1. The predicted octanol–water partition coefficient (Wildman–Crippen LogP) is 0.0645. The Morgan fingerprint density at radius 1 is 1.29 bits per heavy atom. The van der Waals surface area contributed by atoms with E-state index < -0.39 is 10.0 Å². The highest BCUT2D eigenvalue weighted by Crippen LogP contribution is 2.20. The van der Waals surface area contributed by atoms with Crippen molar-refractivity contribution in [2.45, 2.75) is 23.4 Å². The molecule has 1 aliphatic carbocycles. The fourth-order valence-corrected chi connectivity index (χ4v) is 2.54. The summed E-state index contributed by atoms with van der Waals surface area (Å²) in [6.07, 6.45) is 0.728. The first-order chi connectivity index (χ1) is 6.59. The summed E-state index contributed by atoms with van der Waals surface area (Å²) < 4.78 is 25.9. The molecule has 2 unspecified atom stereocenters. The third kappa shape index (κ3) is 1.95. The van der Waals surface area contributed by atoms with Crippen molar-refractivity contribution in [1.29, 1.82) is 0 Å². The molecule has 1 saturated carbocycles. The van der Waals surface area contributed by atoms with Gasteiger partial charge in [0.2, 0.25) is 10.0 Å². The number of rotatable bonds is 3. The molecule has 0 heterocycles. The van der Waals surface area contributed by atoms with Gasteiger partial charge in [-0.1, -0.05) is 18.2 Å². The van der Waals surface area contributed by atoms with Gasteiger partial charge in [-0.15, -0.1) is 0 Å². The minimum Gasteiger partial charge on any atom is -0.326 e. The van der Waals surface area contributed by atoms with Crippen molar-refractivity contribution >= 4 is 10.0 Å². The minimum absolute atomic E-state index is 0.0199. The largest absolute Gasteiger partial charge is 0.326 e. The summed E-state index contributed by atoms with van der Waals surface area (Å²) in [6, 6.07) is 8.20. The van der Waals surface area contributed by atoms with Crippen LogP contribution in [0.3, 0.4) is 0 Å². The van der Waals surface area contributed by atoms with Crippen LogP contribution in [0.25, 0.3) is 0 Å². The van der Waals surface area contributed by atoms with Crippen LogP contribution < -0.4 is 10.5 Å². The van der Waals surface area contributed by atoms with E-state index in [1.165, 1.54) is 0 Å². The van der Waals surface area contributed by atoms with Crippen LogP contribution in [0.4, 0.5) is 0 Å². The number of nitrogens with two attached hydrogens (primary N) is 1. The van der Waals surface area contributed by atoms with Gasteiger partial charge in [0.25, 0.3) is 0 Å². The molecular weight excluding hydrogens is 200 g/mol. The molecule has 1 fully saturated rings. The second-order valence-electron chi connectivity index (χ2n) is 3.44. The van der Waals surface area contributed by atoms with Gasteiger partial charge in [-0.25, -0.2) is 13.1 Å². The Hall–Kier alpha value is -0.910. The van der Waals surface area contributed by atoms with Gasteiger partial charge >= 0.3 is 0 Å². The Morgan fingerprint density at radius 2 is 1.86 bits per heavy atom. The molecule has 0 saturated heterocycles. The van der Waals surface area contributed by atoms with Gasteiger partial charge in [0, 0.05) is 12.1 Å². The summed E-state index contributed by atoms with van der Waals surface area (Å²) in [6.45, 7) is 0. The van der Waals surface area contributed by atoms with E-state index in [9.17, 15) is 8.42 Å². The molecule has 76 valence electrons. The van der Waals surface area contributed by atoms with Gasteiger partial charge in [-0.2, -0.15) is 0 Å². The van der Waals surface area contributed by atoms with Crippen molar-refractivity contribution in [3.05, 3.63) is 30.3 Å². The Balaban J connectivity index is 2.17. The zero-order valence-corrected chi connectivity index (χ0v) is 8.37. The smallest absolute Gasteiger partial charge is 0.240 e. The fraction of sp³-hybridized carbons (Fsp3) is 0.333. The molecule has 1 aromatic rings. The van der Waals surface area contributed by atoms with Crippen LogP contribution >= 0.6 is 0 Å². The lowest BCUT2D eigenvalue weighted by molar-refractivity contribution is 0.580. The number of nitrogens with one attached hydrogen (secondary N) is 1. The van der Waals surface area contributed by atoms with Crippen LogP contribution in [0.1, 0.15) is 6.42 Å². The molecule has 4 nitrogen and oxygen atoms in total. The maximum Gasteiger partial charge on any atom is 0.240 e. The summed E-state index contributed by atoms with van der Waals surface area (Å²) in [7, 11) is -3.36. The van der Waals surface area contributed by atoms with E-state index in [-0.39, 0.29) is 12.1 Å². The molecule has 0 aliphatic heterocycles. The monoisotopic (exact) mass is 212 g/mol. The summed E-state index contributed by atoms with van der Waals surface area (Å²) in [5.41, 5.74) is 5.52. The van der Waals surface area contributed by atoms with E-state index >= 15 is 0 Å². The molecule has 3 N–H and O–H groups in total. The molecule has 1 aromatic carbocycles. The Morgan fingerprint density at radius 3 is 2.36 bits per heavy atom. The first-order valence-corrected chi connectivity index (χ1v) is 5.91. The van der Waals surface area contributed by atoms with Crippen molar-refractivity contribution in [3.63, 3.8) is 0 Å². The first-order valence-electron chi connectivity index (χ1n) is 4.42. The molecule has 5 heteroatoms. The fourth-order valence-electron chi connectivity index (χ4n) is 1.22. The second-order valence-corrected chi connectivity index (χ2v) is 5.15. The van der Waals surface area contributed by atoms with E-state index in [2.05, 4.69) is 4.72 Å². The lowest BCUT2D eigenvalue weighted by Crippen LogP contribution is -2.29. The Bertz CT molecular complexity index is 416. The zero-order chi connectivity index (χ0) is 10.2. The Labute approximate surface area is 83.2 Å². The van der Waals surface area contributed by atoms with Gasteiger partial charge in [0.1, 0.15) is 0 Å². The quantitative estimate of drug-likeness (QED) is 0.744. The van der Waals surface area contributed by atoms with Crippen molar-refractivity contribution in [3.8, 4) is 0 Å². The van der Waals surface area contributed by atoms with Gasteiger partial charge in [-0.05, 0) is 18.6 Å². The standard InChI is InChI=1S/C9H12N2O2S/c10-8-6-9(8)11-14(12,13)7-4-2-1-3-5-7/h1-5,8-9,11H,6,10H2. The van der Waals surface area contributed by atoms with Crippen LogP contribution in [0.2, 0.25) is 0 Å². The highest BCUT2D eigenvalue weighted by atomic mass is 32.2. The van der Waals surface area contributed by atoms with Crippen molar-refractivity contribution in [1.82, 2.24) is 4.72 Å². The highest BCUT2D eigenvalue weighted by Gasteiger charge is 2.37. The van der Waals surface area contributed by atoms with E-state index in [1.807, 2.05) is 0 Å². The topological polar surface area (TPSA) is 72.2 Å². The molecule has 0 amide bonds. The van der Waals surface area contributed by atoms with E-state index in [0.29, 0.717) is 4.90 Å². The third-order valence-electron chi connectivity index (χ3n) is 2.20. The predicted molar refractivity (Wildman–Crippen MR) is 53.1 cm³/mol. The highest BCUT2D eigenvalue weighted by molar-refractivity contribution is 7.89. The summed E-state index contributed by atoms with van der Waals surface area (Å²) in [5, 5.41) is 0. The molecule has 14 heavy (non-hydrogen) atoms. The number of hydrogen-bond donors (Lipinski definition) is 2. The van der Waals surface area contributed by atoms with E-state index in [1.54, 1.807) is 30.3 Å². The third-order valence-corrected chi connectivity index (χ3v) is 3.71. The average Bonchev–Trinajstić information content (AvgIpc) is 2.82. The van der Waals surface area contributed by atoms with Crippen LogP contribution in [0.5, 0.6) is 0 Å². The molecule has 0 radical (unpaired) electrons. The van der Waals surface area contributed by atoms with Crippen LogP contribution in [-0.4, -0.2) is 20.5 Å². The molecule has 0 spiro atoms. The van der Waals surface area contributed by atoms with Crippen LogP contribution in [0, 0.1) is 0 Å². The molecule has 0 bridgehead atoms. The van der Waals surface area contributed by atoms with Crippen LogP contribution in [0.15, 0.2) is 35.2 Å². The van der Waals surface area contributed by atoms with E-state index in [0.717, 1.165) is 6.42 Å².